The molecule has 2 rings (SSSR count). The first kappa shape index (κ1) is 17.7. The van der Waals surface area contributed by atoms with Gasteiger partial charge in [0.1, 0.15) is 0 Å². The monoisotopic (exact) mass is 331 g/mol. The second-order valence-electron chi connectivity index (χ2n) is 5.18. The van der Waals surface area contributed by atoms with Gasteiger partial charge in [-0.05, 0) is 25.0 Å². The van der Waals surface area contributed by atoms with Gasteiger partial charge in [0.25, 0.3) is 0 Å². The van der Waals surface area contributed by atoms with E-state index in [0.29, 0.717) is 16.9 Å². The number of rotatable bonds is 7. The smallest absolute Gasteiger partial charge is 0.474 e. The van der Waals surface area contributed by atoms with E-state index in [1.54, 1.807) is 18.2 Å². The predicted molar refractivity (Wildman–Crippen MR) is 90.1 cm³/mol. The number of nitrogens with one attached hydrogen (secondary N) is 1. The highest BCUT2D eigenvalue weighted by Gasteiger charge is 2.29. The van der Waals surface area contributed by atoms with Crippen molar-refractivity contribution in [2.45, 2.75) is 24.2 Å². The molecule has 0 saturated carbocycles. The van der Waals surface area contributed by atoms with E-state index in [2.05, 4.69) is 4.72 Å². The molecule has 2 aromatic rings. The number of carbonyl (C=O) groups is 1. The topological polar surface area (TPSA) is 92.6 Å². The normalized spacial score (nSPS) is 13.4. The van der Waals surface area contributed by atoms with Crippen LogP contribution in [0.4, 0.5) is 0 Å². The third-order valence-corrected chi connectivity index (χ3v) is 4.57. The highest BCUT2D eigenvalue weighted by molar-refractivity contribution is 7.89. The Bertz CT molecular complexity index is 654. The molecular formula is C16H18BNO4S. The predicted octanol–water partition coefficient (Wildman–Crippen LogP) is 1.12. The van der Waals surface area contributed by atoms with Gasteiger partial charge < -0.3 is 14.6 Å². The maximum Gasteiger partial charge on any atom is 0.474 e. The SMILES string of the molecule is CC(=O)c1cccc([S+]([O-])N[C@@H](Cc2ccccc2)B(O)O)c1. The van der Waals surface area contributed by atoms with Crippen LogP contribution in [0.1, 0.15) is 22.8 Å². The van der Waals surface area contributed by atoms with E-state index in [4.69, 9.17) is 0 Å². The molecule has 23 heavy (non-hydrogen) atoms. The maximum absolute atomic E-state index is 12.4. The summed E-state index contributed by atoms with van der Waals surface area (Å²) in [6.07, 6.45) is 0.316. The number of hydrogen-bond donors (Lipinski definition) is 3. The van der Waals surface area contributed by atoms with E-state index in [9.17, 15) is 19.4 Å². The average molecular weight is 331 g/mol. The summed E-state index contributed by atoms with van der Waals surface area (Å²) in [5, 5.41) is 19.0. The van der Waals surface area contributed by atoms with Crippen molar-refractivity contribution in [2.75, 3.05) is 0 Å². The van der Waals surface area contributed by atoms with Gasteiger partial charge in [0.2, 0.25) is 0 Å². The fourth-order valence-electron chi connectivity index (χ4n) is 2.11. The van der Waals surface area contributed by atoms with Crippen molar-refractivity contribution in [3.8, 4) is 0 Å². The zero-order valence-electron chi connectivity index (χ0n) is 12.7. The van der Waals surface area contributed by atoms with Gasteiger partial charge in [0.05, 0.1) is 17.3 Å². The Hall–Kier alpha value is -1.64. The van der Waals surface area contributed by atoms with Crippen LogP contribution in [0.15, 0.2) is 59.5 Å². The van der Waals surface area contributed by atoms with Gasteiger partial charge in [-0.1, -0.05) is 42.5 Å². The van der Waals surface area contributed by atoms with Crippen molar-refractivity contribution < 1.29 is 19.4 Å². The summed E-state index contributed by atoms with van der Waals surface area (Å²) in [5.41, 5.74) is 1.36. The van der Waals surface area contributed by atoms with Crippen LogP contribution < -0.4 is 4.72 Å². The van der Waals surface area contributed by atoms with Gasteiger partial charge in [-0.3, -0.25) is 4.79 Å². The molecule has 0 heterocycles. The highest BCUT2D eigenvalue weighted by atomic mass is 32.2. The number of ketones is 1. The van der Waals surface area contributed by atoms with Crippen LogP contribution in [-0.2, 0) is 17.8 Å². The Kier molecular flexibility index (Phi) is 6.38. The van der Waals surface area contributed by atoms with E-state index in [0.717, 1.165) is 5.56 Å². The van der Waals surface area contributed by atoms with Crippen molar-refractivity contribution in [2.24, 2.45) is 0 Å². The minimum Gasteiger partial charge on any atom is -0.593 e. The molecule has 1 unspecified atom stereocenters. The van der Waals surface area contributed by atoms with Crippen LogP contribution in [0.2, 0.25) is 0 Å². The van der Waals surface area contributed by atoms with Gasteiger partial charge in [-0.25, -0.2) is 0 Å². The molecule has 7 heteroatoms. The lowest BCUT2D eigenvalue weighted by atomic mass is 9.77. The maximum atomic E-state index is 12.4. The van der Waals surface area contributed by atoms with Crippen LogP contribution in [0.25, 0.3) is 0 Å². The first-order valence-corrected chi connectivity index (χ1v) is 8.31. The first-order chi connectivity index (χ1) is 11.0. The molecule has 120 valence electrons. The molecule has 0 aliphatic heterocycles. The summed E-state index contributed by atoms with van der Waals surface area (Å²) in [6, 6.07) is 15.7. The summed E-state index contributed by atoms with van der Waals surface area (Å²) >= 11 is -1.66. The van der Waals surface area contributed by atoms with E-state index in [-0.39, 0.29) is 5.78 Å². The third-order valence-electron chi connectivity index (χ3n) is 3.37. The zero-order chi connectivity index (χ0) is 16.8. The largest absolute Gasteiger partial charge is 0.593 e. The Morgan fingerprint density at radius 3 is 2.52 bits per heavy atom. The minimum atomic E-state index is -1.66. The molecule has 0 aliphatic rings. The van der Waals surface area contributed by atoms with E-state index >= 15 is 0 Å². The lowest BCUT2D eigenvalue weighted by Crippen LogP contribution is -2.47. The molecule has 0 aliphatic carbocycles. The van der Waals surface area contributed by atoms with E-state index in [1.807, 2.05) is 30.3 Å². The molecule has 2 aromatic carbocycles. The van der Waals surface area contributed by atoms with Crippen molar-refractivity contribution >= 4 is 24.3 Å². The van der Waals surface area contributed by atoms with Crippen LogP contribution in [0, 0.1) is 0 Å². The van der Waals surface area contributed by atoms with Gasteiger partial charge in [-0.2, -0.15) is 0 Å². The molecule has 0 radical (unpaired) electrons. The Balaban J connectivity index is 2.10. The summed E-state index contributed by atoms with van der Waals surface area (Å²) in [7, 11) is -1.66. The lowest BCUT2D eigenvalue weighted by Gasteiger charge is -2.19. The number of hydrogen-bond acceptors (Lipinski definition) is 5. The number of benzene rings is 2. The first-order valence-electron chi connectivity index (χ1n) is 7.16. The van der Waals surface area contributed by atoms with Crippen LogP contribution >= 0.6 is 0 Å². The van der Waals surface area contributed by atoms with Crippen molar-refractivity contribution in [3.05, 3.63) is 65.7 Å². The fraction of sp³-hybridized carbons (Fsp3) is 0.188. The summed E-state index contributed by atoms with van der Waals surface area (Å²) in [5.74, 6) is -0.911. The molecule has 0 saturated heterocycles. The zero-order valence-corrected chi connectivity index (χ0v) is 13.5. The lowest BCUT2D eigenvalue weighted by molar-refractivity contribution is 0.101. The van der Waals surface area contributed by atoms with Crippen molar-refractivity contribution in [1.29, 1.82) is 0 Å². The Morgan fingerprint density at radius 1 is 1.22 bits per heavy atom. The number of carbonyl (C=O) groups excluding carboxylic acids is 1. The van der Waals surface area contributed by atoms with E-state index < -0.39 is 24.4 Å². The summed E-state index contributed by atoms with van der Waals surface area (Å²) in [6.45, 7) is 1.44. The molecule has 0 aromatic heterocycles. The molecule has 0 fully saturated rings. The van der Waals surface area contributed by atoms with Crippen LogP contribution in [0.3, 0.4) is 0 Å². The Morgan fingerprint density at radius 2 is 1.91 bits per heavy atom. The quantitative estimate of drug-likeness (QED) is 0.402. The minimum absolute atomic E-state index is 0.119. The van der Waals surface area contributed by atoms with E-state index in [1.165, 1.54) is 13.0 Å². The standard InChI is InChI=1S/C16H18BNO4S/c1-12(19)14-8-5-9-15(11-14)23(22)18-16(17(20)21)10-13-6-3-2-4-7-13/h2-9,11,16,18,20-21H,10H2,1H3/t16-,23?/m0/s1. The molecule has 2 atom stereocenters. The molecule has 5 nitrogen and oxygen atoms in total. The summed E-state index contributed by atoms with van der Waals surface area (Å²) < 4.78 is 15.1. The second kappa shape index (κ2) is 8.28. The van der Waals surface area contributed by atoms with Crippen molar-refractivity contribution in [3.63, 3.8) is 0 Å². The van der Waals surface area contributed by atoms with Crippen molar-refractivity contribution in [1.82, 2.24) is 4.72 Å². The van der Waals surface area contributed by atoms with Gasteiger partial charge >= 0.3 is 7.12 Å². The van der Waals surface area contributed by atoms with Crippen LogP contribution in [-0.4, -0.2) is 33.4 Å². The molecule has 0 spiro atoms. The van der Waals surface area contributed by atoms with Gasteiger partial charge in [-0.15, -0.1) is 4.72 Å². The fourth-order valence-corrected chi connectivity index (χ4v) is 3.16. The Labute approximate surface area is 138 Å². The molecule has 3 N–H and O–H groups in total. The summed E-state index contributed by atoms with van der Waals surface area (Å²) in [4.78, 5) is 11.8. The highest BCUT2D eigenvalue weighted by Crippen LogP contribution is 2.14. The third kappa shape index (κ3) is 5.19. The molecule has 0 bridgehead atoms. The molecule has 0 amide bonds. The van der Waals surface area contributed by atoms with Gasteiger partial charge in [0.15, 0.2) is 10.7 Å². The van der Waals surface area contributed by atoms with Crippen LogP contribution in [0.5, 0.6) is 0 Å². The van der Waals surface area contributed by atoms with Gasteiger partial charge in [0, 0.05) is 11.6 Å². The average Bonchev–Trinajstić information content (AvgIpc) is 2.55. The second-order valence-corrected chi connectivity index (χ2v) is 6.42. The molecular weight excluding hydrogens is 313 g/mol. The number of Topliss-reactive ketones (excluding diaryl/α,β-unsaturated/α-hetero) is 1.